The minimum absolute atomic E-state index is 0.0649. The molecule has 2 N–H and O–H groups in total. The maximum Gasteiger partial charge on any atom is 0.417 e. The van der Waals surface area contributed by atoms with Gasteiger partial charge in [0.25, 0.3) is 0 Å². The summed E-state index contributed by atoms with van der Waals surface area (Å²) in [6, 6.07) is 6.21. The molecule has 0 radical (unpaired) electrons. The van der Waals surface area contributed by atoms with E-state index in [1.807, 2.05) is 6.07 Å². The van der Waals surface area contributed by atoms with Gasteiger partial charge < -0.3 is 10.6 Å². The summed E-state index contributed by atoms with van der Waals surface area (Å²) in [7, 11) is 0. The lowest BCUT2D eigenvalue weighted by Crippen LogP contribution is -2.12. The molecule has 0 unspecified atom stereocenters. The van der Waals surface area contributed by atoms with E-state index in [9.17, 15) is 18.0 Å². The number of carbonyl (C=O) groups is 1. The summed E-state index contributed by atoms with van der Waals surface area (Å²) in [6.07, 6.45) is -2.24. The van der Waals surface area contributed by atoms with Gasteiger partial charge in [-0.3, -0.25) is 9.78 Å². The summed E-state index contributed by atoms with van der Waals surface area (Å²) in [6.45, 7) is 1.20. The molecule has 0 aliphatic carbocycles. The highest BCUT2D eigenvalue weighted by atomic mass is 32.1. The Kier molecular flexibility index (Phi) is 4.85. The van der Waals surface area contributed by atoms with Crippen LogP contribution in [0.3, 0.4) is 0 Å². The fraction of sp³-hybridized carbons (Fsp3) is 0.125. The molecular weight excluding hydrogens is 367 g/mol. The number of alkyl halides is 3. The van der Waals surface area contributed by atoms with Crippen LogP contribution >= 0.6 is 11.3 Å². The number of aromatic nitrogens is 3. The number of halogens is 3. The van der Waals surface area contributed by atoms with E-state index in [1.54, 1.807) is 23.7 Å². The van der Waals surface area contributed by atoms with Gasteiger partial charge >= 0.3 is 6.18 Å². The Morgan fingerprint density at radius 1 is 1.19 bits per heavy atom. The van der Waals surface area contributed by atoms with Gasteiger partial charge in [-0.1, -0.05) is 6.07 Å². The minimum Gasteiger partial charge on any atom is -0.323 e. The Bertz CT molecular complexity index is 927. The normalized spacial score (nSPS) is 11.2. The Balaban J connectivity index is 1.89. The third-order valence-electron chi connectivity index (χ3n) is 3.18. The lowest BCUT2D eigenvalue weighted by molar-refractivity contribution is -0.137. The predicted octanol–water partition coefficient (Wildman–Crippen LogP) is 4.32. The third-order valence-corrected chi connectivity index (χ3v) is 3.94. The monoisotopic (exact) mass is 379 g/mol. The fourth-order valence-electron chi connectivity index (χ4n) is 2.07. The molecule has 26 heavy (non-hydrogen) atoms. The first kappa shape index (κ1) is 17.8. The van der Waals surface area contributed by atoms with Crippen molar-refractivity contribution in [3.63, 3.8) is 0 Å². The Morgan fingerprint density at radius 2 is 2.00 bits per heavy atom. The van der Waals surface area contributed by atoms with Crippen molar-refractivity contribution in [2.75, 3.05) is 10.6 Å². The van der Waals surface area contributed by atoms with Gasteiger partial charge in [-0.15, -0.1) is 11.3 Å². The summed E-state index contributed by atoms with van der Waals surface area (Å²) >= 11 is 1.24. The summed E-state index contributed by atoms with van der Waals surface area (Å²) < 4.78 is 38.6. The number of carbonyl (C=O) groups excluding carboxylic acids is 1. The van der Waals surface area contributed by atoms with E-state index >= 15 is 0 Å². The smallest absolute Gasteiger partial charge is 0.323 e. The molecule has 0 spiro atoms. The third kappa shape index (κ3) is 4.14. The number of nitrogens with zero attached hydrogens (tertiary/aromatic N) is 3. The number of hydrogen-bond acceptors (Lipinski definition) is 6. The molecule has 3 heterocycles. The number of pyridine rings is 2. The van der Waals surface area contributed by atoms with E-state index in [1.165, 1.54) is 18.3 Å². The van der Waals surface area contributed by atoms with Crippen molar-refractivity contribution < 1.29 is 18.0 Å². The lowest BCUT2D eigenvalue weighted by atomic mass is 10.2. The highest BCUT2D eigenvalue weighted by molar-refractivity contribution is 7.14. The van der Waals surface area contributed by atoms with Gasteiger partial charge in [0.1, 0.15) is 5.69 Å². The predicted molar refractivity (Wildman–Crippen MR) is 92.2 cm³/mol. The van der Waals surface area contributed by atoms with Crippen molar-refractivity contribution in [2.45, 2.75) is 13.1 Å². The van der Waals surface area contributed by atoms with Gasteiger partial charge in [0.05, 0.1) is 16.9 Å². The second-order valence-corrected chi connectivity index (χ2v) is 6.04. The van der Waals surface area contributed by atoms with Crippen molar-refractivity contribution in [1.29, 1.82) is 0 Å². The molecule has 134 valence electrons. The van der Waals surface area contributed by atoms with Crippen LogP contribution in [-0.4, -0.2) is 20.9 Å². The fourth-order valence-corrected chi connectivity index (χ4v) is 2.77. The first-order valence-electron chi connectivity index (χ1n) is 7.32. The van der Waals surface area contributed by atoms with E-state index in [0.717, 1.165) is 6.07 Å². The van der Waals surface area contributed by atoms with E-state index in [4.69, 9.17) is 0 Å². The SMILES string of the molecule is CC(=O)Nc1cc(C(F)(F)F)cnc1Nc1nc(-c2ccccn2)cs1. The molecule has 0 aliphatic rings. The standard InChI is InChI=1S/C16H12F3N5OS/c1-9(25)22-12-6-10(16(17,18)19)7-21-14(12)24-15-23-13(8-26-15)11-4-2-3-5-20-11/h2-8H,1H3,(H,22,25)(H,21,23,24). The minimum atomic E-state index is -4.56. The van der Waals surface area contributed by atoms with Crippen molar-refractivity contribution in [3.8, 4) is 11.4 Å². The number of rotatable bonds is 4. The topological polar surface area (TPSA) is 79.8 Å². The van der Waals surface area contributed by atoms with E-state index in [-0.39, 0.29) is 11.5 Å². The number of thiazole rings is 1. The number of anilines is 3. The summed E-state index contributed by atoms with van der Waals surface area (Å²) in [5, 5.41) is 7.34. The van der Waals surface area contributed by atoms with Crippen LogP contribution in [0.15, 0.2) is 42.0 Å². The van der Waals surface area contributed by atoms with Crippen LogP contribution in [0.5, 0.6) is 0 Å². The zero-order valence-electron chi connectivity index (χ0n) is 13.3. The van der Waals surface area contributed by atoms with Crippen molar-refractivity contribution in [1.82, 2.24) is 15.0 Å². The number of hydrogen-bond donors (Lipinski definition) is 2. The second-order valence-electron chi connectivity index (χ2n) is 5.18. The summed E-state index contributed by atoms with van der Waals surface area (Å²) in [4.78, 5) is 23.6. The van der Waals surface area contributed by atoms with Gasteiger partial charge in [-0.2, -0.15) is 13.2 Å². The van der Waals surface area contributed by atoms with Crippen LogP contribution in [-0.2, 0) is 11.0 Å². The summed E-state index contributed by atoms with van der Waals surface area (Å²) in [5.74, 6) is -0.447. The largest absolute Gasteiger partial charge is 0.417 e. The number of amides is 1. The van der Waals surface area contributed by atoms with Crippen LogP contribution < -0.4 is 10.6 Å². The molecule has 1 amide bonds. The van der Waals surface area contributed by atoms with Gasteiger partial charge in [-0.05, 0) is 18.2 Å². The van der Waals surface area contributed by atoms with E-state index < -0.39 is 17.6 Å². The molecule has 0 fully saturated rings. The quantitative estimate of drug-likeness (QED) is 0.706. The van der Waals surface area contributed by atoms with Crippen molar-refractivity contribution >= 4 is 33.9 Å². The molecule has 3 aromatic rings. The average molecular weight is 379 g/mol. The maximum absolute atomic E-state index is 12.9. The lowest BCUT2D eigenvalue weighted by Gasteiger charge is -2.13. The highest BCUT2D eigenvalue weighted by Gasteiger charge is 2.32. The summed E-state index contributed by atoms with van der Waals surface area (Å²) in [5.41, 5.74) is 0.243. The Labute approximate surface area is 150 Å². The molecule has 10 heteroatoms. The van der Waals surface area contributed by atoms with Gasteiger partial charge in [0, 0.05) is 24.7 Å². The molecule has 0 saturated heterocycles. The van der Waals surface area contributed by atoms with Crippen LogP contribution in [0.1, 0.15) is 12.5 Å². The molecule has 0 atom stereocenters. The van der Waals surface area contributed by atoms with Crippen molar-refractivity contribution in [2.24, 2.45) is 0 Å². The highest BCUT2D eigenvalue weighted by Crippen LogP contribution is 2.34. The van der Waals surface area contributed by atoms with Crippen LogP contribution in [0.4, 0.5) is 29.8 Å². The van der Waals surface area contributed by atoms with Crippen LogP contribution in [0, 0.1) is 0 Å². The molecule has 0 bridgehead atoms. The van der Waals surface area contributed by atoms with Crippen LogP contribution in [0.2, 0.25) is 0 Å². The van der Waals surface area contributed by atoms with E-state index in [2.05, 4.69) is 25.6 Å². The van der Waals surface area contributed by atoms with E-state index in [0.29, 0.717) is 22.7 Å². The van der Waals surface area contributed by atoms with Crippen molar-refractivity contribution in [3.05, 3.63) is 47.6 Å². The molecule has 0 aliphatic heterocycles. The van der Waals surface area contributed by atoms with Crippen LogP contribution in [0.25, 0.3) is 11.4 Å². The molecular formula is C16H12F3N5OS. The van der Waals surface area contributed by atoms with Gasteiger partial charge in [-0.25, -0.2) is 9.97 Å². The van der Waals surface area contributed by atoms with Gasteiger partial charge in [0.15, 0.2) is 10.9 Å². The zero-order chi connectivity index (χ0) is 18.7. The Hall–Kier alpha value is -3.01. The van der Waals surface area contributed by atoms with Gasteiger partial charge in [0.2, 0.25) is 5.91 Å². The average Bonchev–Trinajstić information content (AvgIpc) is 3.04. The number of nitrogens with one attached hydrogen (secondary N) is 2. The molecule has 3 aromatic heterocycles. The first-order chi connectivity index (χ1) is 12.3. The zero-order valence-corrected chi connectivity index (χ0v) is 14.1. The first-order valence-corrected chi connectivity index (χ1v) is 8.19. The molecule has 0 aromatic carbocycles. The molecule has 3 rings (SSSR count). The molecule has 6 nitrogen and oxygen atoms in total. The maximum atomic E-state index is 12.9. The molecule has 0 saturated carbocycles. The second kappa shape index (κ2) is 7.08. The Morgan fingerprint density at radius 3 is 2.65 bits per heavy atom.